The molecular formula is C43H38N4. The Bertz CT molecular complexity index is 2230. The first kappa shape index (κ1) is 30.0. The lowest BCUT2D eigenvalue weighted by Gasteiger charge is -2.19. The van der Waals surface area contributed by atoms with Crippen LogP contribution >= 0.6 is 0 Å². The Hall–Kier alpha value is -5.71. The van der Waals surface area contributed by atoms with Crippen LogP contribution in [0.25, 0.3) is 55.0 Å². The maximum atomic E-state index is 7.74. The second-order valence-corrected chi connectivity index (χ2v) is 11.9. The molecule has 47 heavy (non-hydrogen) atoms. The molecule has 0 amide bonds. The Morgan fingerprint density at radius 3 is 2.40 bits per heavy atom. The highest BCUT2D eigenvalue weighted by Crippen LogP contribution is 2.39. The van der Waals surface area contributed by atoms with Gasteiger partial charge in [0, 0.05) is 40.8 Å². The standard InChI is InChI=1S/C43H38N4/c1-3-9-36(28-44)32-16-14-31(15-17-32)33-18-21-38-34(26-33)19-23-40-39-22-20-35(41-24-13-30(29-46-41)10-7-8-25-45-2)27-42(39)47(43(38)40)37-11-5-4-6-12-37/h3-9,11-24,26-29,41,44-46H,1,10,25H2,2H3/b8-7-,36-9+,44-28?. The van der Waals surface area contributed by atoms with Gasteiger partial charge in [0.05, 0.1) is 17.1 Å². The molecule has 1 unspecified atom stereocenters. The lowest BCUT2D eigenvalue weighted by molar-refractivity contribution is 0.737. The van der Waals surface area contributed by atoms with Gasteiger partial charge in [-0.05, 0) is 76.5 Å². The van der Waals surface area contributed by atoms with Crippen LogP contribution in [-0.4, -0.2) is 24.4 Å². The number of hydrogen-bond acceptors (Lipinski definition) is 3. The third-order valence-corrected chi connectivity index (χ3v) is 8.94. The molecule has 2 heterocycles. The Balaban J connectivity index is 1.30. The summed E-state index contributed by atoms with van der Waals surface area (Å²) in [4.78, 5) is 0. The molecule has 230 valence electrons. The van der Waals surface area contributed by atoms with Crippen molar-refractivity contribution in [1.82, 2.24) is 15.2 Å². The van der Waals surface area contributed by atoms with Crippen molar-refractivity contribution in [2.45, 2.75) is 12.5 Å². The summed E-state index contributed by atoms with van der Waals surface area (Å²) < 4.78 is 2.43. The van der Waals surface area contributed by atoms with Gasteiger partial charge in [-0.3, -0.25) is 0 Å². The summed E-state index contributed by atoms with van der Waals surface area (Å²) in [7, 11) is 1.96. The van der Waals surface area contributed by atoms with Crippen LogP contribution in [-0.2, 0) is 0 Å². The van der Waals surface area contributed by atoms with E-state index in [1.54, 1.807) is 6.08 Å². The van der Waals surface area contributed by atoms with E-state index in [1.165, 1.54) is 49.9 Å². The minimum absolute atomic E-state index is 0.111. The van der Waals surface area contributed by atoms with Crippen LogP contribution in [0.1, 0.15) is 23.6 Å². The number of fused-ring (bicyclic) bond motifs is 5. The van der Waals surface area contributed by atoms with E-state index in [9.17, 15) is 0 Å². The molecule has 0 bridgehead atoms. The molecule has 1 aliphatic heterocycles. The lowest BCUT2D eigenvalue weighted by Crippen LogP contribution is -2.16. The van der Waals surface area contributed by atoms with Gasteiger partial charge >= 0.3 is 0 Å². The van der Waals surface area contributed by atoms with Gasteiger partial charge < -0.3 is 20.6 Å². The molecule has 1 aromatic heterocycles. The van der Waals surface area contributed by atoms with Gasteiger partial charge in [-0.1, -0.05) is 122 Å². The Morgan fingerprint density at radius 1 is 0.872 bits per heavy atom. The molecule has 0 radical (unpaired) electrons. The highest BCUT2D eigenvalue weighted by Gasteiger charge is 2.18. The summed E-state index contributed by atoms with van der Waals surface area (Å²) in [6, 6.07) is 37.4. The van der Waals surface area contributed by atoms with Crippen LogP contribution in [0.4, 0.5) is 0 Å². The van der Waals surface area contributed by atoms with E-state index in [4.69, 9.17) is 5.41 Å². The number of likely N-dealkylation sites (N-methyl/N-ethyl adjacent to an activating group) is 1. The molecule has 4 nitrogen and oxygen atoms in total. The smallest absolute Gasteiger partial charge is 0.0696 e. The van der Waals surface area contributed by atoms with Crippen molar-refractivity contribution in [3.63, 3.8) is 0 Å². The normalized spacial score (nSPS) is 15.0. The van der Waals surface area contributed by atoms with Crippen LogP contribution in [0.2, 0.25) is 0 Å². The SMILES string of the molecule is C=C/C=C(\C=N)c1ccc(-c2ccc3c(ccc4c5ccc(C6C=CC(C/C=C\CNC)=CN6)cc5n(-c5ccccc5)c34)c2)cc1. The van der Waals surface area contributed by atoms with E-state index in [2.05, 4.69) is 155 Å². The first-order chi connectivity index (χ1) is 23.2. The monoisotopic (exact) mass is 610 g/mol. The van der Waals surface area contributed by atoms with E-state index in [1.807, 2.05) is 13.1 Å². The fraction of sp³-hybridized carbons (Fsp3) is 0.0930. The molecule has 5 aromatic carbocycles. The number of nitrogens with zero attached hydrogens (tertiary/aromatic N) is 1. The molecule has 0 fully saturated rings. The van der Waals surface area contributed by atoms with Crippen LogP contribution in [0.15, 0.2) is 158 Å². The lowest BCUT2D eigenvalue weighted by atomic mass is 9.97. The molecule has 0 saturated carbocycles. The van der Waals surface area contributed by atoms with Crippen molar-refractivity contribution < 1.29 is 0 Å². The third kappa shape index (κ3) is 5.87. The average molecular weight is 611 g/mol. The fourth-order valence-corrected chi connectivity index (χ4v) is 6.56. The fourth-order valence-electron chi connectivity index (χ4n) is 6.56. The number of hydrogen-bond donors (Lipinski definition) is 3. The quantitative estimate of drug-likeness (QED) is 0.0821. The highest BCUT2D eigenvalue weighted by molar-refractivity contribution is 6.19. The van der Waals surface area contributed by atoms with Crippen molar-refractivity contribution in [3.05, 3.63) is 169 Å². The molecule has 0 aliphatic carbocycles. The van der Waals surface area contributed by atoms with Gasteiger partial charge in [-0.2, -0.15) is 0 Å². The number of dihydropyridines is 1. The predicted molar refractivity (Wildman–Crippen MR) is 201 cm³/mol. The number of benzene rings is 5. The Kier molecular flexibility index (Phi) is 8.50. The van der Waals surface area contributed by atoms with Gasteiger partial charge in [-0.25, -0.2) is 0 Å². The van der Waals surface area contributed by atoms with Crippen LogP contribution in [0.3, 0.4) is 0 Å². The van der Waals surface area contributed by atoms with Crippen molar-refractivity contribution in [3.8, 4) is 16.8 Å². The number of nitrogens with one attached hydrogen (secondary N) is 3. The van der Waals surface area contributed by atoms with Gasteiger partial charge in [0.25, 0.3) is 0 Å². The van der Waals surface area contributed by atoms with E-state index in [-0.39, 0.29) is 6.04 Å². The zero-order chi connectivity index (χ0) is 32.2. The number of rotatable bonds is 10. The molecule has 1 aliphatic rings. The summed E-state index contributed by atoms with van der Waals surface area (Å²) in [6.45, 7) is 4.66. The van der Waals surface area contributed by atoms with Crippen LogP contribution in [0, 0.1) is 5.41 Å². The van der Waals surface area contributed by atoms with Gasteiger partial charge in [0.2, 0.25) is 0 Å². The summed E-state index contributed by atoms with van der Waals surface area (Å²) >= 11 is 0. The van der Waals surface area contributed by atoms with Gasteiger partial charge in [0.1, 0.15) is 0 Å². The predicted octanol–water partition coefficient (Wildman–Crippen LogP) is 10.1. The first-order valence-electron chi connectivity index (χ1n) is 16.1. The molecule has 3 N–H and O–H groups in total. The Morgan fingerprint density at radius 2 is 1.66 bits per heavy atom. The Labute approximate surface area is 276 Å². The second kappa shape index (κ2) is 13.3. The molecular weight excluding hydrogens is 573 g/mol. The van der Waals surface area contributed by atoms with Crippen LogP contribution < -0.4 is 10.6 Å². The summed E-state index contributed by atoms with van der Waals surface area (Å²) in [5, 5.41) is 19.4. The minimum atomic E-state index is 0.111. The number of para-hydroxylation sites is 1. The van der Waals surface area contributed by atoms with Crippen molar-refractivity contribution in [2.24, 2.45) is 0 Å². The zero-order valence-electron chi connectivity index (χ0n) is 26.6. The molecule has 4 heteroatoms. The topological polar surface area (TPSA) is 52.8 Å². The van der Waals surface area contributed by atoms with Crippen molar-refractivity contribution >= 4 is 44.4 Å². The third-order valence-electron chi connectivity index (χ3n) is 8.94. The van der Waals surface area contributed by atoms with Gasteiger partial charge in [-0.15, -0.1) is 0 Å². The van der Waals surface area contributed by atoms with Crippen molar-refractivity contribution in [2.75, 3.05) is 13.6 Å². The minimum Gasteiger partial charge on any atom is -0.380 e. The molecule has 0 saturated heterocycles. The number of allylic oxidation sites excluding steroid dienone is 6. The summed E-state index contributed by atoms with van der Waals surface area (Å²) in [5.74, 6) is 0. The van der Waals surface area contributed by atoms with E-state index in [0.29, 0.717) is 0 Å². The summed E-state index contributed by atoms with van der Waals surface area (Å²) in [6.07, 6.45) is 16.9. The summed E-state index contributed by atoms with van der Waals surface area (Å²) in [5.41, 5.74) is 10.2. The van der Waals surface area contributed by atoms with Crippen LogP contribution in [0.5, 0.6) is 0 Å². The zero-order valence-corrected chi connectivity index (χ0v) is 26.6. The van der Waals surface area contributed by atoms with E-state index < -0.39 is 0 Å². The van der Waals surface area contributed by atoms with E-state index in [0.717, 1.165) is 40.9 Å². The molecule has 7 rings (SSSR count). The maximum Gasteiger partial charge on any atom is 0.0696 e. The number of aromatic nitrogens is 1. The van der Waals surface area contributed by atoms with Crippen molar-refractivity contribution in [1.29, 1.82) is 5.41 Å². The first-order valence-corrected chi connectivity index (χ1v) is 16.1. The maximum absolute atomic E-state index is 7.74. The molecule has 1 atom stereocenters. The molecule has 6 aromatic rings. The average Bonchev–Trinajstić information content (AvgIpc) is 3.47. The highest BCUT2D eigenvalue weighted by atomic mass is 15.0. The largest absolute Gasteiger partial charge is 0.380 e. The second-order valence-electron chi connectivity index (χ2n) is 11.9. The van der Waals surface area contributed by atoms with Gasteiger partial charge in [0.15, 0.2) is 0 Å². The van der Waals surface area contributed by atoms with E-state index >= 15 is 0 Å². The molecule has 0 spiro atoms.